The van der Waals surface area contributed by atoms with E-state index in [1.165, 1.54) is 0 Å². The molecule has 0 heterocycles. The van der Waals surface area contributed by atoms with Crippen molar-refractivity contribution in [2.24, 2.45) is 17.8 Å². The molecule has 27 heavy (non-hydrogen) atoms. The molecule has 2 aliphatic carbocycles. The molecule has 144 valence electrons. The Labute approximate surface area is 160 Å². The number of benzene rings is 2. The molecule has 2 fully saturated rings. The maximum absolute atomic E-state index is 13.6. The molecule has 0 saturated heterocycles. The van der Waals surface area contributed by atoms with E-state index in [2.05, 4.69) is 0 Å². The molecule has 0 spiro atoms. The first-order chi connectivity index (χ1) is 13.0. The summed E-state index contributed by atoms with van der Waals surface area (Å²) in [4.78, 5) is 13.0. The minimum Gasteiger partial charge on any atom is -0.466 e. The summed E-state index contributed by atoms with van der Waals surface area (Å²) in [5, 5.41) is 1.26. The summed E-state index contributed by atoms with van der Waals surface area (Å²) in [5.41, 5.74) is 0. The molecule has 3 unspecified atom stereocenters. The minimum absolute atomic E-state index is 0.0448. The van der Waals surface area contributed by atoms with E-state index >= 15 is 0 Å². The van der Waals surface area contributed by atoms with E-state index in [0.717, 1.165) is 42.9 Å². The van der Waals surface area contributed by atoms with Crippen molar-refractivity contribution in [3.63, 3.8) is 0 Å². The molecular weight excluding hydrogens is 360 g/mol. The van der Waals surface area contributed by atoms with Gasteiger partial charge >= 0.3 is 5.97 Å². The molecule has 5 heteroatoms. The molecule has 0 N–H and O–H groups in total. The molecule has 0 amide bonds. The Morgan fingerprint density at radius 1 is 1.04 bits per heavy atom. The third-order valence-corrected chi connectivity index (χ3v) is 8.60. The summed E-state index contributed by atoms with van der Waals surface area (Å²) >= 11 is 0. The van der Waals surface area contributed by atoms with Gasteiger partial charge in [-0.25, -0.2) is 8.42 Å². The monoisotopic (exact) mass is 386 g/mol. The van der Waals surface area contributed by atoms with Gasteiger partial charge in [0.15, 0.2) is 9.84 Å². The highest BCUT2D eigenvalue weighted by Gasteiger charge is 2.54. The first-order valence-electron chi connectivity index (χ1n) is 9.91. The molecule has 2 saturated carbocycles. The maximum atomic E-state index is 13.6. The zero-order valence-corrected chi connectivity index (χ0v) is 16.5. The summed E-state index contributed by atoms with van der Waals surface area (Å²) in [6.45, 7) is 2.06. The molecule has 2 aliphatic rings. The van der Waals surface area contributed by atoms with Gasteiger partial charge in [-0.1, -0.05) is 43.2 Å². The van der Waals surface area contributed by atoms with Crippen LogP contribution in [-0.2, 0) is 19.4 Å². The van der Waals surface area contributed by atoms with Crippen molar-refractivity contribution in [2.45, 2.75) is 49.2 Å². The number of sulfone groups is 1. The summed E-state index contributed by atoms with van der Waals surface area (Å²) in [5.74, 6) is -0.701. The van der Waals surface area contributed by atoms with Crippen molar-refractivity contribution in [3.05, 3.63) is 42.5 Å². The number of carbonyl (C=O) groups excluding carboxylic acids is 1. The smallest absolute Gasteiger partial charge is 0.310 e. The van der Waals surface area contributed by atoms with Gasteiger partial charge in [0.25, 0.3) is 0 Å². The van der Waals surface area contributed by atoms with Crippen LogP contribution in [0.1, 0.15) is 39.0 Å². The minimum atomic E-state index is -3.61. The fraction of sp³-hybridized carbons (Fsp3) is 0.500. The van der Waals surface area contributed by atoms with Crippen molar-refractivity contribution in [1.29, 1.82) is 0 Å². The SMILES string of the molecule is CCOC(=O)[C@H]1C2CCCCC(C2)C1S(=O)(=O)c1ccc2ccccc2c1. The molecule has 0 aromatic heterocycles. The van der Waals surface area contributed by atoms with Gasteiger partial charge in [0.2, 0.25) is 0 Å². The average Bonchev–Trinajstić information content (AvgIpc) is 2.86. The van der Waals surface area contributed by atoms with Gasteiger partial charge in [-0.2, -0.15) is 0 Å². The molecule has 4 nitrogen and oxygen atoms in total. The van der Waals surface area contributed by atoms with Crippen molar-refractivity contribution in [1.82, 2.24) is 0 Å². The average molecular weight is 387 g/mol. The van der Waals surface area contributed by atoms with Crippen LogP contribution < -0.4 is 0 Å². The van der Waals surface area contributed by atoms with E-state index in [0.29, 0.717) is 4.90 Å². The molecular formula is C22H26O4S. The van der Waals surface area contributed by atoms with Gasteiger partial charge in [0.05, 0.1) is 22.7 Å². The molecule has 0 aliphatic heterocycles. The van der Waals surface area contributed by atoms with Crippen LogP contribution in [0.2, 0.25) is 0 Å². The van der Waals surface area contributed by atoms with Gasteiger partial charge in [-0.3, -0.25) is 4.79 Å². The van der Waals surface area contributed by atoms with Crippen LogP contribution in [0.25, 0.3) is 10.8 Å². The Hall–Kier alpha value is -1.88. The Kier molecular flexibility index (Phi) is 4.97. The number of hydrogen-bond acceptors (Lipinski definition) is 4. The van der Waals surface area contributed by atoms with E-state index in [1.54, 1.807) is 19.1 Å². The predicted octanol–water partition coefficient (Wildman–Crippen LogP) is 4.37. The van der Waals surface area contributed by atoms with E-state index in [-0.39, 0.29) is 24.4 Å². The number of ether oxygens (including phenoxy) is 1. The fourth-order valence-electron chi connectivity index (χ4n) is 5.14. The Morgan fingerprint density at radius 2 is 1.74 bits per heavy atom. The molecule has 4 atom stereocenters. The Bertz CT molecular complexity index is 950. The first-order valence-corrected chi connectivity index (χ1v) is 11.5. The van der Waals surface area contributed by atoms with E-state index in [4.69, 9.17) is 4.74 Å². The topological polar surface area (TPSA) is 60.4 Å². The van der Waals surface area contributed by atoms with Crippen LogP contribution in [0.5, 0.6) is 0 Å². The Balaban J connectivity index is 1.77. The maximum Gasteiger partial charge on any atom is 0.310 e. The second-order valence-electron chi connectivity index (χ2n) is 7.84. The van der Waals surface area contributed by atoms with Gasteiger partial charge < -0.3 is 4.74 Å². The second kappa shape index (κ2) is 7.27. The first kappa shape index (κ1) is 18.5. The summed E-state index contributed by atoms with van der Waals surface area (Å²) in [6.07, 6.45) is 4.73. The van der Waals surface area contributed by atoms with Gasteiger partial charge in [-0.05, 0) is 60.9 Å². The van der Waals surface area contributed by atoms with Gasteiger partial charge in [0, 0.05) is 0 Å². The van der Waals surface area contributed by atoms with Crippen molar-refractivity contribution in [3.8, 4) is 0 Å². The van der Waals surface area contributed by atoms with Crippen LogP contribution in [0.3, 0.4) is 0 Å². The Morgan fingerprint density at radius 3 is 2.48 bits per heavy atom. The van der Waals surface area contributed by atoms with Crippen molar-refractivity contribution >= 4 is 26.6 Å². The van der Waals surface area contributed by atoms with E-state index in [1.807, 2.05) is 30.3 Å². The highest BCUT2D eigenvalue weighted by atomic mass is 32.2. The molecule has 4 rings (SSSR count). The van der Waals surface area contributed by atoms with Crippen LogP contribution in [-0.4, -0.2) is 26.2 Å². The van der Waals surface area contributed by atoms with Crippen molar-refractivity contribution < 1.29 is 17.9 Å². The van der Waals surface area contributed by atoms with Gasteiger partial charge in [0.1, 0.15) is 0 Å². The number of hydrogen-bond donors (Lipinski definition) is 0. The van der Waals surface area contributed by atoms with E-state index < -0.39 is 21.0 Å². The zero-order chi connectivity index (χ0) is 19.0. The lowest BCUT2D eigenvalue weighted by atomic mass is 9.90. The molecule has 2 aromatic rings. The van der Waals surface area contributed by atoms with Crippen molar-refractivity contribution in [2.75, 3.05) is 6.61 Å². The number of fused-ring (bicyclic) bond motifs is 3. The highest BCUT2D eigenvalue weighted by molar-refractivity contribution is 7.92. The summed E-state index contributed by atoms with van der Waals surface area (Å²) < 4.78 is 32.6. The standard InChI is InChI=1S/C22H26O4S/c1-2-26-22(23)20-17-9-5-6-10-18(13-17)21(20)27(24,25)19-12-11-15-7-3-4-8-16(15)14-19/h3-4,7-8,11-12,14,17-18,20-21H,2,5-6,9-10,13H2,1H3/t17?,18?,20-,21?/m0/s1. The fourth-order valence-corrected chi connectivity index (χ4v) is 7.47. The van der Waals surface area contributed by atoms with Crippen LogP contribution in [0.15, 0.2) is 47.4 Å². The largest absolute Gasteiger partial charge is 0.466 e. The van der Waals surface area contributed by atoms with E-state index in [9.17, 15) is 13.2 Å². The third-order valence-electron chi connectivity index (χ3n) is 6.30. The lowest BCUT2D eigenvalue weighted by molar-refractivity contribution is -0.149. The predicted molar refractivity (Wildman–Crippen MR) is 105 cm³/mol. The van der Waals surface area contributed by atoms with Crippen LogP contribution >= 0.6 is 0 Å². The van der Waals surface area contributed by atoms with Crippen LogP contribution in [0, 0.1) is 17.8 Å². The lowest BCUT2D eigenvalue weighted by Crippen LogP contribution is -2.38. The zero-order valence-electron chi connectivity index (χ0n) is 15.6. The van der Waals surface area contributed by atoms with Gasteiger partial charge in [-0.15, -0.1) is 0 Å². The molecule has 2 bridgehead atoms. The molecule has 0 radical (unpaired) electrons. The lowest BCUT2D eigenvalue weighted by Gasteiger charge is -2.27. The normalized spacial score (nSPS) is 28.0. The quantitative estimate of drug-likeness (QED) is 0.732. The number of carbonyl (C=O) groups is 1. The molecule has 2 aromatic carbocycles. The number of esters is 1. The number of rotatable bonds is 4. The highest BCUT2D eigenvalue weighted by Crippen LogP contribution is 2.49. The summed E-state index contributed by atoms with van der Waals surface area (Å²) in [7, 11) is -3.61. The second-order valence-corrected chi connectivity index (χ2v) is 9.94. The summed E-state index contributed by atoms with van der Waals surface area (Å²) in [6, 6.07) is 13.0. The third kappa shape index (κ3) is 3.27. The van der Waals surface area contributed by atoms with Crippen LogP contribution in [0.4, 0.5) is 0 Å².